The number of pyridine rings is 1. The number of rotatable bonds is 1. The van der Waals surface area contributed by atoms with E-state index in [1.54, 1.807) is 6.07 Å². The van der Waals surface area contributed by atoms with Crippen molar-refractivity contribution in [1.29, 1.82) is 0 Å². The summed E-state index contributed by atoms with van der Waals surface area (Å²) in [6.45, 7) is 1.84. The van der Waals surface area contributed by atoms with Gasteiger partial charge in [-0.2, -0.15) is 0 Å². The van der Waals surface area contributed by atoms with Crippen molar-refractivity contribution in [3.8, 4) is 0 Å². The molecule has 12 heavy (non-hydrogen) atoms. The Kier molecular flexibility index (Phi) is 3.05. The largest absolute Gasteiger partial charge is 0.410 e. The second-order valence-corrected chi connectivity index (χ2v) is 3.36. The number of hydrogen-bond acceptors (Lipinski definition) is 3. The molecule has 0 radical (unpaired) electrons. The number of hydrogen-bond donors (Lipinski definition) is 1. The van der Waals surface area contributed by atoms with Crippen molar-refractivity contribution >= 4 is 32.7 Å². The third-order valence-corrected chi connectivity index (χ3v) is 2.04. The normalized spacial score (nSPS) is 11.8. The van der Waals surface area contributed by atoms with Gasteiger partial charge in [-0.25, -0.2) is 4.98 Å². The van der Waals surface area contributed by atoms with Crippen molar-refractivity contribution in [2.24, 2.45) is 5.16 Å². The van der Waals surface area contributed by atoms with Crippen LogP contribution in [-0.4, -0.2) is 15.4 Å². The van der Waals surface area contributed by atoms with Crippen LogP contribution >= 0.6 is 27.5 Å². The molecule has 0 saturated heterocycles. The quantitative estimate of drug-likeness (QED) is 0.360. The number of aryl methyl sites for hydroxylation is 1. The van der Waals surface area contributed by atoms with Crippen LogP contribution in [0, 0.1) is 6.92 Å². The fourth-order valence-electron chi connectivity index (χ4n) is 0.761. The first-order valence-electron chi connectivity index (χ1n) is 3.16. The van der Waals surface area contributed by atoms with E-state index < -0.39 is 0 Å². The van der Waals surface area contributed by atoms with Crippen molar-refractivity contribution in [1.82, 2.24) is 4.98 Å². The fourth-order valence-corrected chi connectivity index (χ4v) is 1.26. The van der Waals surface area contributed by atoms with Gasteiger partial charge in [0.15, 0.2) is 5.17 Å². The molecule has 0 fully saturated rings. The summed E-state index contributed by atoms with van der Waals surface area (Å²) in [6.07, 6.45) is 0. The molecule has 1 N–H and O–H groups in total. The van der Waals surface area contributed by atoms with E-state index >= 15 is 0 Å². The third-order valence-electron chi connectivity index (χ3n) is 1.35. The lowest BCUT2D eigenvalue weighted by molar-refractivity contribution is 0.320. The number of oxime groups is 1. The van der Waals surface area contributed by atoms with E-state index in [4.69, 9.17) is 16.8 Å². The molecule has 0 amide bonds. The van der Waals surface area contributed by atoms with Gasteiger partial charge in [0.05, 0.1) is 0 Å². The van der Waals surface area contributed by atoms with Gasteiger partial charge in [0.1, 0.15) is 10.3 Å². The third kappa shape index (κ3) is 1.95. The number of nitrogens with zero attached hydrogens (tertiary/aromatic N) is 2. The van der Waals surface area contributed by atoms with Crippen LogP contribution in [0.25, 0.3) is 0 Å². The average molecular weight is 249 g/mol. The molecule has 0 aromatic carbocycles. The summed E-state index contributed by atoms with van der Waals surface area (Å²) in [6, 6.07) is 3.63. The summed E-state index contributed by atoms with van der Waals surface area (Å²) < 4.78 is 0.657. The molecular weight excluding hydrogens is 243 g/mol. The highest BCUT2D eigenvalue weighted by Gasteiger charge is 2.06. The van der Waals surface area contributed by atoms with Gasteiger partial charge in [-0.05, 0) is 34.5 Å². The minimum atomic E-state index is -0.00574. The predicted octanol–water partition coefficient (Wildman–Crippen LogP) is 2.53. The van der Waals surface area contributed by atoms with E-state index in [9.17, 15) is 0 Å². The molecule has 0 bridgehead atoms. The van der Waals surface area contributed by atoms with E-state index in [0.717, 1.165) is 5.56 Å². The summed E-state index contributed by atoms with van der Waals surface area (Å²) >= 11 is 8.77. The van der Waals surface area contributed by atoms with Gasteiger partial charge in [-0.1, -0.05) is 22.8 Å². The second kappa shape index (κ2) is 3.87. The van der Waals surface area contributed by atoms with E-state index in [0.29, 0.717) is 10.3 Å². The Labute approximate surface area is 83.2 Å². The van der Waals surface area contributed by atoms with Gasteiger partial charge in [-0.15, -0.1) is 0 Å². The standard InChI is InChI=1S/C7H6BrClN2O/c1-4-2-3-5(8)10-6(4)7(9)11-12/h2-3,12H,1H3. The molecular formula is C7H6BrClN2O. The summed E-state index contributed by atoms with van der Waals surface area (Å²) in [5.74, 6) is 0. The minimum Gasteiger partial charge on any atom is -0.410 e. The second-order valence-electron chi connectivity index (χ2n) is 2.19. The lowest BCUT2D eigenvalue weighted by atomic mass is 10.2. The molecule has 0 unspecified atom stereocenters. The van der Waals surface area contributed by atoms with E-state index in [2.05, 4.69) is 26.1 Å². The first-order valence-corrected chi connectivity index (χ1v) is 4.33. The summed E-state index contributed by atoms with van der Waals surface area (Å²) in [4.78, 5) is 4.04. The van der Waals surface area contributed by atoms with Crippen molar-refractivity contribution in [2.45, 2.75) is 6.92 Å². The van der Waals surface area contributed by atoms with Crippen LogP contribution in [0.3, 0.4) is 0 Å². The maximum Gasteiger partial charge on any atom is 0.194 e. The van der Waals surface area contributed by atoms with Gasteiger partial charge in [0.2, 0.25) is 0 Å². The molecule has 0 saturated carbocycles. The summed E-state index contributed by atoms with van der Waals surface area (Å²) in [7, 11) is 0. The maximum absolute atomic E-state index is 8.40. The molecule has 0 aliphatic rings. The Balaban J connectivity index is 3.23. The van der Waals surface area contributed by atoms with Crippen LogP contribution in [0.1, 0.15) is 11.3 Å². The van der Waals surface area contributed by atoms with Crippen LogP contribution in [0.2, 0.25) is 0 Å². The monoisotopic (exact) mass is 248 g/mol. The zero-order chi connectivity index (χ0) is 9.14. The lowest BCUT2D eigenvalue weighted by Crippen LogP contribution is -1.99. The van der Waals surface area contributed by atoms with Crippen LogP contribution in [0.15, 0.2) is 21.9 Å². The van der Waals surface area contributed by atoms with E-state index in [1.165, 1.54) is 0 Å². The molecule has 0 aliphatic heterocycles. The molecule has 1 aromatic rings. The molecule has 0 atom stereocenters. The molecule has 1 rings (SSSR count). The maximum atomic E-state index is 8.40. The van der Waals surface area contributed by atoms with Gasteiger partial charge in [-0.3, -0.25) is 0 Å². The van der Waals surface area contributed by atoms with Gasteiger partial charge in [0.25, 0.3) is 0 Å². The molecule has 0 spiro atoms. The Morgan fingerprint density at radius 2 is 2.33 bits per heavy atom. The van der Waals surface area contributed by atoms with Crippen LogP contribution in [0.5, 0.6) is 0 Å². The average Bonchev–Trinajstić information content (AvgIpc) is 2.08. The summed E-state index contributed by atoms with van der Waals surface area (Å²) in [5, 5.41) is 11.3. The summed E-state index contributed by atoms with van der Waals surface area (Å²) in [5.41, 5.74) is 1.34. The van der Waals surface area contributed by atoms with Gasteiger partial charge >= 0.3 is 0 Å². The Morgan fingerprint density at radius 1 is 1.67 bits per heavy atom. The van der Waals surface area contributed by atoms with Crippen molar-refractivity contribution < 1.29 is 5.21 Å². The van der Waals surface area contributed by atoms with Crippen LogP contribution < -0.4 is 0 Å². The zero-order valence-corrected chi connectivity index (χ0v) is 8.59. The fraction of sp³-hybridized carbons (Fsp3) is 0.143. The first kappa shape index (κ1) is 9.48. The SMILES string of the molecule is Cc1ccc(Br)nc1C(Cl)=NO. The van der Waals surface area contributed by atoms with Crippen LogP contribution in [-0.2, 0) is 0 Å². The van der Waals surface area contributed by atoms with Crippen molar-refractivity contribution in [2.75, 3.05) is 0 Å². The Morgan fingerprint density at radius 3 is 2.92 bits per heavy atom. The highest BCUT2D eigenvalue weighted by molar-refractivity contribution is 9.10. The first-order chi connectivity index (χ1) is 5.65. The molecule has 1 heterocycles. The van der Waals surface area contributed by atoms with E-state index in [-0.39, 0.29) is 5.17 Å². The zero-order valence-electron chi connectivity index (χ0n) is 6.25. The molecule has 0 aliphatic carbocycles. The molecule has 3 nitrogen and oxygen atoms in total. The van der Waals surface area contributed by atoms with Crippen molar-refractivity contribution in [3.63, 3.8) is 0 Å². The molecule has 1 aromatic heterocycles. The Hall–Kier alpha value is -0.610. The predicted molar refractivity (Wildman–Crippen MR) is 50.9 cm³/mol. The lowest BCUT2D eigenvalue weighted by Gasteiger charge is -2.00. The smallest absolute Gasteiger partial charge is 0.194 e. The van der Waals surface area contributed by atoms with Gasteiger partial charge < -0.3 is 5.21 Å². The highest BCUT2D eigenvalue weighted by Crippen LogP contribution is 2.13. The van der Waals surface area contributed by atoms with Gasteiger partial charge in [0, 0.05) is 0 Å². The molecule has 64 valence electrons. The number of aromatic nitrogens is 1. The van der Waals surface area contributed by atoms with E-state index in [1.807, 2.05) is 13.0 Å². The number of halogens is 2. The van der Waals surface area contributed by atoms with Crippen molar-refractivity contribution in [3.05, 3.63) is 28.0 Å². The Bertz CT molecular complexity index is 327. The topological polar surface area (TPSA) is 45.5 Å². The minimum absolute atomic E-state index is 0.00574. The molecule has 5 heteroatoms. The van der Waals surface area contributed by atoms with Crippen LogP contribution in [0.4, 0.5) is 0 Å². The highest BCUT2D eigenvalue weighted by atomic mass is 79.9.